The van der Waals surface area contributed by atoms with Crippen LogP contribution < -0.4 is 5.32 Å². The summed E-state index contributed by atoms with van der Waals surface area (Å²) in [6.07, 6.45) is 1.88. The lowest BCUT2D eigenvalue weighted by Gasteiger charge is -2.15. The van der Waals surface area contributed by atoms with E-state index in [4.69, 9.17) is 11.6 Å². The van der Waals surface area contributed by atoms with E-state index in [9.17, 15) is 9.59 Å². The zero-order valence-corrected chi connectivity index (χ0v) is 16.1. The van der Waals surface area contributed by atoms with Gasteiger partial charge in [-0.1, -0.05) is 29.8 Å². The number of aryl methyl sites for hydroxylation is 2. The summed E-state index contributed by atoms with van der Waals surface area (Å²) in [7, 11) is 1.84. The first kappa shape index (κ1) is 18.9. The van der Waals surface area contributed by atoms with E-state index in [1.165, 1.54) is 0 Å². The van der Waals surface area contributed by atoms with Crippen molar-refractivity contribution in [3.63, 3.8) is 0 Å². The molecule has 0 saturated carbocycles. The highest BCUT2D eigenvalue weighted by Gasteiger charge is 2.21. The summed E-state index contributed by atoms with van der Waals surface area (Å²) in [6.45, 7) is 3.79. The Labute approximate surface area is 163 Å². The summed E-state index contributed by atoms with van der Waals surface area (Å²) in [6, 6.07) is 13.2. The highest BCUT2D eigenvalue weighted by atomic mass is 35.5. The summed E-state index contributed by atoms with van der Waals surface area (Å²) in [5, 5.41) is 7.82. The molecule has 0 saturated heterocycles. The molecule has 5 nitrogen and oxygen atoms in total. The van der Waals surface area contributed by atoms with E-state index in [0.717, 1.165) is 11.3 Å². The summed E-state index contributed by atoms with van der Waals surface area (Å²) in [5.41, 5.74) is 2.97. The number of nitrogens with zero attached hydrogens (tertiary/aromatic N) is 2. The highest BCUT2D eigenvalue weighted by Crippen LogP contribution is 2.20. The fraction of sp³-hybridized carbons (Fsp3) is 0.190. The van der Waals surface area contributed by atoms with Gasteiger partial charge in [-0.25, -0.2) is 0 Å². The van der Waals surface area contributed by atoms with Crippen molar-refractivity contribution < 1.29 is 9.59 Å². The Hall–Kier alpha value is -2.92. The summed E-state index contributed by atoms with van der Waals surface area (Å²) in [4.78, 5) is 25.7. The number of carbonyl (C=O) groups is 2. The maximum Gasteiger partial charge on any atom is 0.252 e. The fourth-order valence-corrected chi connectivity index (χ4v) is 3.16. The smallest absolute Gasteiger partial charge is 0.252 e. The molecule has 2 aromatic carbocycles. The van der Waals surface area contributed by atoms with E-state index in [0.29, 0.717) is 21.7 Å². The highest BCUT2D eigenvalue weighted by molar-refractivity contribution is 6.30. The lowest BCUT2D eigenvalue weighted by Crippen LogP contribution is -2.28. The predicted octanol–water partition coefficient (Wildman–Crippen LogP) is 4.10. The zero-order valence-electron chi connectivity index (χ0n) is 15.4. The third kappa shape index (κ3) is 4.09. The second-order valence-electron chi connectivity index (χ2n) is 6.42. The van der Waals surface area contributed by atoms with E-state index in [-0.39, 0.29) is 17.7 Å². The Morgan fingerprint density at radius 1 is 1.07 bits per heavy atom. The molecule has 27 heavy (non-hydrogen) atoms. The summed E-state index contributed by atoms with van der Waals surface area (Å²) >= 11 is 5.89. The molecule has 0 bridgehead atoms. The molecule has 0 aliphatic carbocycles. The maximum atomic E-state index is 12.9. The van der Waals surface area contributed by atoms with Crippen LogP contribution in [0.25, 0.3) is 0 Å². The summed E-state index contributed by atoms with van der Waals surface area (Å²) in [5.74, 6) is -0.522. The Morgan fingerprint density at radius 2 is 1.70 bits per heavy atom. The van der Waals surface area contributed by atoms with Gasteiger partial charge in [-0.05, 0) is 44.2 Å². The minimum atomic E-state index is -0.302. The fourth-order valence-electron chi connectivity index (χ4n) is 3.03. The summed E-state index contributed by atoms with van der Waals surface area (Å²) < 4.78 is 1.71. The Kier molecular flexibility index (Phi) is 5.42. The van der Waals surface area contributed by atoms with Crippen LogP contribution in [-0.2, 0) is 7.05 Å². The van der Waals surface area contributed by atoms with Gasteiger partial charge in [0.2, 0.25) is 0 Å². The SMILES string of the molecule is Cc1nn(C)cc1C(C)NC(=O)c1ccccc1C(=O)c1ccc(Cl)cc1. The molecule has 0 aliphatic heterocycles. The van der Waals surface area contributed by atoms with E-state index >= 15 is 0 Å². The van der Waals surface area contributed by atoms with Gasteiger partial charge in [-0.3, -0.25) is 14.3 Å². The molecule has 3 rings (SSSR count). The van der Waals surface area contributed by atoms with Crippen molar-refractivity contribution >= 4 is 23.3 Å². The Morgan fingerprint density at radius 3 is 2.30 bits per heavy atom. The van der Waals surface area contributed by atoms with E-state index < -0.39 is 0 Å². The largest absolute Gasteiger partial charge is 0.345 e. The Balaban J connectivity index is 1.86. The van der Waals surface area contributed by atoms with Crippen LogP contribution in [-0.4, -0.2) is 21.5 Å². The van der Waals surface area contributed by atoms with E-state index in [2.05, 4.69) is 10.4 Å². The standard InChI is InChI=1S/C21H20ClN3O2/c1-13(19-12-25(3)24-14(19)2)23-21(27)18-7-5-4-6-17(18)20(26)15-8-10-16(22)11-9-15/h4-13H,1-3H3,(H,23,27). The zero-order chi connectivity index (χ0) is 19.6. The van der Waals surface area contributed by atoms with Gasteiger partial charge in [0.1, 0.15) is 0 Å². The van der Waals surface area contributed by atoms with Crippen molar-refractivity contribution in [3.05, 3.63) is 87.7 Å². The maximum absolute atomic E-state index is 12.9. The number of hydrogen-bond donors (Lipinski definition) is 1. The lowest BCUT2D eigenvalue weighted by atomic mass is 9.97. The molecule has 138 valence electrons. The molecule has 1 N–H and O–H groups in total. The molecule has 0 aliphatic rings. The second kappa shape index (κ2) is 7.76. The van der Waals surface area contributed by atoms with Crippen molar-refractivity contribution in [2.45, 2.75) is 19.9 Å². The van der Waals surface area contributed by atoms with E-state index in [1.54, 1.807) is 53.2 Å². The number of benzene rings is 2. The first-order valence-electron chi connectivity index (χ1n) is 8.57. The van der Waals surface area contributed by atoms with Crippen LogP contribution in [0.2, 0.25) is 5.02 Å². The van der Waals surface area contributed by atoms with Gasteiger partial charge in [-0.15, -0.1) is 0 Å². The number of amides is 1. The van der Waals surface area contributed by atoms with Crippen LogP contribution in [0.1, 0.15) is 50.5 Å². The first-order chi connectivity index (χ1) is 12.9. The number of ketones is 1. The number of nitrogens with one attached hydrogen (secondary N) is 1. The average Bonchev–Trinajstić information content (AvgIpc) is 3.00. The predicted molar refractivity (Wildman–Crippen MR) is 105 cm³/mol. The molecule has 1 heterocycles. The van der Waals surface area contributed by atoms with Crippen LogP contribution in [0.5, 0.6) is 0 Å². The van der Waals surface area contributed by atoms with Crippen LogP contribution in [0.3, 0.4) is 0 Å². The van der Waals surface area contributed by atoms with Crippen molar-refractivity contribution in [3.8, 4) is 0 Å². The molecular formula is C21H20ClN3O2. The Bertz CT molecular complexity index is 993. The molecule has 0 fully saturated rings. The van der Waals surface area contributed by atoms with E-state index in [1.807, 2.05) is 27.1 Å². The molecular weight excluding hydrogens is 362 g/mol. The van der Waals surface area contributed by atoms with Crippen LogP contribution >= 0.6 is 11.6 Å². The second-order valence-corrected chi connectivity index (χ2v) is 6.86. The van der Waals surface area contributed by atoms with Gasteiger partial charge < -0.3 is 5.32 Å². The molecule has 0 spiro atoms. The van der Waals surface area contributed by atoms with Gasteiger partial charge in [0.05, 0.1) is 17.3 Å². The van der Waals surface area contributed by atoms with Gasteiger partial charge in [-0.2, -0.15) is 5.10 Å². The topological polar surface area (TPSA) is 64.0 Å². The average molecular weight is 382 g/mol. The number of aromatic nitrogens is 2. The normalized spacial score (nSPS) is 11.9. The van der Waals surface area contributed by atoms with Crippen LogP contribution in [0.4, 0.5) is 0 Å². The lowest BCUT2D eigenvalue weighted by molar-refractivity contribution is 0.0929. The molecule has 6 heteroatoms. The van der Waals surface area contributed by atoms with Gasteiger partial charge in [0.15, 0.2) is 5.78 Å². The minimum absolute atomic E-state index is 0.220. The number of rotatable bonds is 5. The van der Waals surface area contributed by atoms with Crippen molar-refractivity contribution in [2.24, 2.45) is 7.05 Å². The molecule has 1 unspecified atom stereocenters. The van der Waals surface area contributed by atoms with Crippen LogP contribution in [0, 0.1) is 6.92 Å². The van der Waals surface area contributed by atoms with Gasteiger partial charge in [0, 0.05) is 35.0 Å². The third-order valence-electron chi connectivity index (χ3n) is 4.39. The number of carbonyl (C=O) groups excluding carboxylic acids is 2. The quantitative estimate of drug-likeness (QED) is 0.676. The molecule has 1 atom stereocenters. The molecule has 1 amide bonds. The third-order valence-corrected chi connectivity index (χ3v) is 4.64. The molecule has 0 radical (unpaired) electrons. The molecule has 3 aromatic rings. The van der Waals surface area contributed by atoms with Crippen LogP contribution in [0.15, 0.2) is 54.7 Å². The number of halogens is 1. The minimum Gasteiger partial charge on any atom is -0.345 e. The molecule has 1 aromatic heterocycles. The van der Waals surface area contributed by atoms with Gasteiger partial charge in [0.25, 0.3) is 5.91 Å². The van der Waals surface area contributed by atoms with Crippen molar-refractivity contribution in [1.29, 1.82) is 0 Å². The van der Waals surface area contributed by atoms with Crippen molar-refractivity contribution in [1.82, 2.24) is 15.1 Å². The monoisotopic (exact) mass is 381 g/mol. The first-order valence-corrected chi connectivity index (χ1v) is 8.95. The number of hydrogen-bond acceptors (Lipinski definition) is 3. The van der Waals surface area contributed by atoms with Gasteiger partial charge >= 0.3 is 0 Å². The van der Waals surface area contributed by atoms with Crippen molar-refractivity contribution in [2.75, 3.05) is 0 Å².